The van der Waals surface area contributed by atoms with Gasteiger partial charge in [-0.25, -0.2) is 8.42 Å². The SMILES string of the molecule is Cc1cc(S(=O)(=O)Nc2cccc(-c3cc(C)c(CO)c(C)c3)c2)c(C)cc1Cl. The summed E-state index contributed by atoms with van der Waals surface area (Å²) in [4.78, 5) is 0.212. The fourth-order valence-electron chi connectivity index (χ4n) is 3.43. The molecule has 0 unspecified atom stereocenters. The molecule has 0 bridgehead atoms. The molecule has 0 fully saturated rings. The van der Waals surface area contributed by atoms with Crippen LogP contribution in [0, 0.1) is 27.7 Å². The Hall–Kier alpha value is -2.34. The summed E-state index contributed by atoms with van der Waals surface area (Å²) in [6.07, 6.45) is 0. The maximum Gasteiger partial charge on any atom is 0.262 e. The van der Waals surface area contributed by atoms with Gasteiger partial charge in [0, 0.05) is 10.7 Å². The van der Waals surface area contributed by atoms with Gasteiger partial charge in [-0.1, -0.05) is 35.9 Å². The van der Waals surface area contributed by atoms with Crippen LogP contribution in [0.4, 0.5) is 5.69 Å². The highest BCUT2D eigenvalue weighted by atomic mass is 35.5. The van der Waals surface area contributed by atoms with Gasteiger partial charge in [-0.3, -0.25) is 4.72 Å². The van der Waals surface area contributed by atoms with E-state index in [-0.39, 0.29) is 11.5 Å². The zero-order valence-electron chi connectivity index (χ0n) is 16.9. The predicted octanol–water partition coefficient (Wildman–Crippen LogP) is 5.53. The Morgan fingerprint density at radius 2 is 1.52 bits per heavy atom. The number of aliphatic hydroxyl groups excluding tert-OH is 1. The second kappa shape index (κ2) is 8.19. The van der Waals surface area contributed by atoms with Crippen LogP contribution in [0.1, 0.15) is 27.8 Å². The standard InChI is InChI=1S/C23H24ClNO3S/c1-14-8-19(9-15(2)21(14)13-26)18-6-5-7-20(12-18)25-29(27,28)23-11-16(3)22(24)10-17(23)4/h5-12,25-26H,13H2,1-4H3. The second-order valence-corrected chi connectivity index (χ2v) is 9.36. The Morgan fingerprint density at radius 3 is 2.14 bits per heavy atom. The number of rotatable bonds is 5. The van der Waals surface area contributed by atoms with Crippen LogP contribution in [-0.2, 0) is 16.6 Å². The molecule has 0 aliphatic heterocycles. The third-order valence-electron chi connectivity index (χ3n) is 5.05. The highest BCUT2D eigenvalue weighted by Crippen LogP contribution is 2.29. The molecule has 152 valence electrons. The van der Waals surface area contributed by atoms with Crippen molar-refractivity contribution in [3.8, 4) is 11.1 Å². The molecule has 0 saturated heterocycles. The summed E-state index contributed by atoms with van der Waals surface area (Å²) >= 11 is 6.10. The Balaban J connectivity index is 1.98. The van der Waals surface area contributed by atoms with Crippen LogP contribution in [0.15, 0.2) is 53.4 Å². The Kier molecular flexibility index (Phi) is 6.03. The summed E-state index contributed by atoms with van der Waals surface area (Å²) < 4.78 is 28.6. The largest absolute Gasteiger partial charge is 0.392 e. The number of nitrogens with one attached hydrogen (secondary N) is 1. The second-order valence-electron chi connectivity index (χ2n) is 7.30. The molecule has 29 heavy (non-hydrogen) atoms. The molecule has 0 saturated carbocycles. The van der Waals surface area contributed by atoms with Gasteiger partial charge >= 0.3 is 0 Å². The summed E-state index contributed by atoms with van der Waals surface area (Å²) in [6, 6.07) is 14.5. The number of aryl methyl sites for hydroxylation is 4. The molecule has 4 nitrogen and oxygen atoms in total. The van der Waals surface area contributed by atoms with Crippen molar-refractivity contribution in [3.63, 3.8) is 0 Å². The van der Waals surface area contributed by atoms with Crippen LogP contribution in [0.3, 0.4) is 0 Å². The lowest BCUT2D eigenvalue weighted by atomic mass is 9.96. The van der Waals surface area contributed by atoms with Gasteiger partial charge in [0.15, 0.2) is 0 Å². The number of anilines is 1. The molecule has 2 N–H and O–H groups in total. The molecule has 0 aromatic heterocycles. The van der Waals surface area contributed by atoms with Crippen molar-refractivity contribution < 1.29 is 13.5 Å². The fourth-order valence-corrected chi connectivity index (χ4v) is 5.01. The van der Waals surface area contributed by atoms with Crippen molar-refractivity contribution in [1.82, 2.24) is 0 Å². The number of sulfonamides is 1. The van der Waals surface area contributed by atoms with Crippen LogP contribution in [0.25, 0.3) is 11.1 Å². The van der Waals surface area contributed by atoms with E-state index in [2.05, 4.69) is 4.72 Å². The van der Waals surface area contributed by atoms with Gasteiger partial charge in [-0.05, 0) is 90.9 Å². The van der Waals surface area contributed by atoms with Crippen LogP contribution in [-0.4, -0.2) is 13.5 Å². The lowest BCUT2D eigenvalue weighted by molar-refractivity contribution is 0.280. The summed E-state index contributed by atoms with van der Waals surface area (Å²) in [5.74, 6) is 0. The van der Waals surface area contributed by atoms with E-state index in [0.29, 0.717) is 21.8 Å². The Morgan fingerprint density at radius 1 is 0.862 bits per heavy atom. The van der Waals surface area contributed by atoms with Gasteiger partial charge in [0.2, 0.25) is 0 Å². The molecule has 0 aliphatic rings. The molecule has 0 atom stereocenters. The zero-order valence-corrected chi connectivity index (χ0v) is 18.4. The Bertz CT molecular complexity index is 1160. The number of hydrogen-bond donors (Lipinski definition) is 2. The molecule has 3 aromatic rings. The molecule has 0 amide bonds. The molecular formula is C23H24ClNO3S. The van der Waals surface area contributed by atoms with Crippen molar-refractivity contribution in [2.24, 2.45) is 0 Å². The van der Waals surface area contributed by atoms with Gasteiger partial charge < -0.3 is 5.11 Å². The van der Waals surface area contributed by atoms with E-state index in [1.807, 2.05) is 44.2 Å². The molecule has 0 radical (unpaired) electrons. The van der Waals surface area contributed by atoms with E-state index in [1.165, 1.54) is 0 Å². The van der Waals surface area contributed by atoms with Gasteiger partial charge in [0.1, 0.15) is 0 Å². The molecule has 0 heterocycles. The molecule has 3 aromatic carbocycles. The van der Waals surface area contributed by atoms with Crippen molar-refractivity contribution in [2.45, 2.75) is 39.2 Å². The maximum atomic E-state index is 12.9. The van der Waals surface area contributed by atoms with Gasteiger partial charge in [-0.2, -0.15) is 0 Å². The summed E-state index contributed by atoms with van der Waals surface area (Å²) in [5, 5.41) is 10.1. The first-order chi connectivity index (χ1) is 13.6. The minimum absolute atomic E-state index is 0.00234. The van der Waals surface area contributed by atoms with Crippen molar-refractivity contribution in [2.75, 3.05) is 4.72 Å². The van der Waals surface area contributed by atoms with Crippen molar-refractivity contribution in [1.29, 1.82) is 0 Å². The highest BCUT2D eigenvalue weighted by Gasteiger charge is 2.19. The quantitative estimate of drug-likeness (QED) is 0.560. The first-order valence-corrected chi connectivity index (χ1v) is 11.1. The first kappa shape index (κ1) is 21.4. The van der Waals surface area contributed by atoms with Gasteiger partial charge in [-0.15, -0.1) is 0 Å². The highest BCUT2D eigenvalue weighted by molar-refractivity contribution is 7.92. The minimum atomic E-state index is -3.75. The summed E-state index contributed by atoms with van der Waals surface area (Å²) in [5.41, 5.74) is 6.56. The average Bonchev–Trinajstić information content (AvgIpc) is 2.64. The molecular weight excluding hydrogens is 406 g/mol. The van der Waals surface area contributed by atoms with Crippen molar-refractivity contribution >= 4 is 27.3 Å². The smallest absolute Gasteiger partial charge is 0.262 e. The van der Waals surface area contributed by atoms with Crippen LogP contribution in [0.5, 0.6) is 0 Å². The number of hydrogen-bond acceptors (Lipinski definition) is 3. The van der Waals surface area contributed by atoms with Crippen LogP contribution < -0.4 is 4.72 Å². The normalized spacial score (nSPS) is 11.5. The zero-order chi connectivity index (χ0) is 21.3. The molecule has 0 aliphatic carbocycles. The third-order valence-corrected chi connectivity index (χ3v) is 6.98. The lowest BCUT2D eigenvalue weighted by Crippen LogP contribution is -2.14. The third kappa shape index (κ3) is 4.47. The monoisotopic (exact) mass is 429 g/mol. The van der Waals surface area contributed by atoms with Crippen molar-refractivity contribution in [3.05, 3.63) is 81.4 Å². The lowest BCUT2D eigenvalue weighted by Gasteiger charge is -2.14. The number of aliphatic hydroxyl groups is 1. The van der Waals surface area contributed by atoms with E-state index >= 15 is 0 Å². The predicted molar refractivity (Wildman–Crippen MR) is 119 cm³/mol. The van der Waals surface area contributed by atoms with E-state index < -0.39 is 10.0 Å². The van der Waals surface area contributed by atoms with E-state index in [1.54, 1.807) is 32.0 Å². The van der Waals surface area contributed by atoms with E-state index in [9.17, 15) is 13.5 Å². The molecule has 0 spiro atoms. The molecule has 3 rings (SSSR count). The van der Waals surface area contributed by atoms with Crippen LogP contribution >= 0.6 is 11.6 Å². The van der Waals surface area contributed by atoms with E-state index in [4.69, 9.17) is 11.6 Å². The average molecular weight is 430 g/mol. The Labute approximate surface area is 177 Å². The topological polar surface area (TPSA) is 66.4 Å². The summed E-state index contributed by atoms with van der Waals surface area (Å²) in [6.45, 7) is 7.42. The van der Waals surface area contributed by atoms with Gasteiger partial charge in [0.05, 0.1) is 11.5 Å². The summed E-state index contributed by atoms with van der Waals surface area (Å²) in [7, 11) is -3.75. The maximum absolute atomic E-state index is 12.9. The van der Waals surface area contributed by atoms with E-state index in [0.717, 1.165) is 27.8 Å². The minimum Gasteiger partial charge on any atom is -0.392 e. The number of benzene rings is 3. The fraction of sp³-hybridized carbons (Fsp3) is 0.217. The van der Waals surface area contributed by atoms with Gasteiger partial charge in [0.25, 0.3) is 10.0 Å². The number of halogens is 1. The molecule has 6 heteroatoms. The first-order valence-electron chi connectivity index (χ1n) is 9.23. The van der Waals surface area contributed by atoms with Crippen LogP contribution in [0.2, 0.25) is 5.02 Å².